The van der Waals surface area contributed by atoms with Crippen LogP contribution in [-0.2, 0) is 35.6 Å². The smallest absolute Gasteiger partial charge is 0.255 e. The molecule has 2 aromatic carbocycles. The van der Waals surface area contributed by atoms with Crippen molar-refractivity contribution < 1.29 is 14.4 Å². The number of piperidine rings is 1. The van der Waals surface area contributed by atoms with Crippen molar-refractivity contribution in [2.45, 2.75) is 78.0 Å². The Labute approximate surface area is 309 Å². The highest BCUT2D eigenvalue weighted by atomic mass is 35.5. The predicted molar refractivity (Wildman–Crippen MR) is 198 cm³/mol. The maximum absolute atomic E-state index is 13.2. The van der Waals surface area contributed by atoms with E-state index in [1.807, 2.05) is 55.8 Å². The second kappa shape index (κ2) is 14.0. The fraction of sp³-hybridized carbons (Fsp3) is 0.308. The lowest BCUT2D eigenvalue weighted by Gasteiger charge is -2.29. The van der Waals surface area contributed by atoms with Gasteiger partial charge in [0.1, 0.15) is 29.1 Å². The van der Waals surface area contributed by atoms with Crippen LogP contribution in [0.5, 0.6) is 0 Å². The summed E-state index contributed by atoms with van der Waals surface area (Å²) in [6.07, 6.45) is 7.98. The van der Waals surface area contributed by atoms with E-state index in [9.17, 15) is 14.4 Å². The third-order valence-corrected chi connectivity index (χ3v) is 11.4. The zero-order chi connectivity index (χ0) is 35.9. The fourth-order valence-electron chi connectivity index (χ4n) is 7.28. The number of imidazole rings is 1. The van der Waals surface area contributed by atoms with Gasteiger partial charge in [-0.15, -0.1) is 21.5 Å². The first-order valence-corrected chi connectivity index (χ1v) is 18.6. The Morgan fingerprint density at radius 2 is 1.87 bits per heavy atom. The number of carbonyl (C=O) groups is 3. The molecule has 52 heavy (non-hydrogen) atoms. The number of aryl methyl sites for hydroxylation is 3. The minimum atomic E-state index is -0.608. The molecule has 1 saturated heterocycles. The van der Waals surface area contributed by atoms with E-state index in [-0.39, 0.29) is 24.1 Å². The van der Waals surface area contributed by atoms with Gasteiger partial charge in [-0.1, -0.05) is 42.3 Å². The van der Waals surface area contributed by atoms with Gasteiger partial charge in [-0.05, 0) is 86.3 Å². The highest BCUT2D eigenvalue weighted by Gasteiger charge is 2.39. The van der Waals surface area contributed by atoms with Crippen LogP contribution in [0.2, 0.25) is 5.02 Å². The van der Waals surface area contributed by atoms with Gasteiger partial charge in [-0.3, -0.25) is 29.3 Å². The topological polar surface area (TPSA) is 127 Å². The van der Waals surface area contributed by atoms with Crippen molar-refractivity contribution in [1.82, 2.24) is 34.5 Å². The van der Waals surface area contributed by atoms with Crippen molar-refractivity contribution in [2.75, 3.05) is 0 Å². The summed E-state index contributed by atoms with van der Waals surface area (Å²) in [6.45, 7) is 5.66. The Balaban J connectivity index is 0.938. The lowest BCUT2D eigenvalue weighted by Crippen LogP contribution is -2.52. The number of benzene rings is 2. The molecule has 1 atom stereocenters. The number of nitrogens with zero attached hydrogens (tertiary/aromatic N) is 7. The van der Waals surface area contributed by atoms with E-state index in [0.717, 1.165) is 93.0 Å². The quantitative estimate of drug-likeness (QED) is 0.124. The van der Waals surface area contributed by atoms with E-state index >= 15 is 0 Å². The van der Waals surface area contributed by atoms with Gasteiger partial charge in [0, 0.05) is 41.2 Å². The molecule has 13 heteroatoms. The summed E-state index contributed by atoms with van der Waals surface area (Å²) in [5.74, 6) is 7.62. The first-order valence-electron chi connectivity index (χ1n) is 17.4. The SMILES string of the molecule is Cc1c(C#Cc2cncn2CCCCCc2cccc3c2CN(C2CCC(=O)NC2=O)C3=O)sc2c1C(c1ccc(Cl)cc1)=NCc1nnc(C)n1-2. The van der Waals surface area contributed by atoms with Crippen molar-refractivity contribution in [3.8, 4) is 16.8 Å². The van der Waals surface area contributed by atoms with Gasteiger partial charge in [-0.25, -0.2) is 4.98 Å². The third-order valence-electron chi connectivity index (χ3n) is 10.00. The van der Waals surface area contributed by atoms with E-state index in [0.29, 0.717) is 30.1 Å². The zero-order valence-electron chi connectivity index (χ0n) is 28.8. The van der Waals surface area contributed by atoms with Gasteiger partial charge in [0.15, 0.2) is 5.82 Å². The van der Waals surface area contributed by atoms with Crippen LogP contribution in [0.3, 0.4) is 0 Å². The molecule has 0 aliphatic carbocycles. The minimum absolute atomic E-state index is 0.137. The number of imide groups is 1. The highest BCUT2D eigenvalue weighted by Crippen LogP contribution is 2.37. The standard InChI is InChI=1S/C39H35ClN8O3S/c1-23-32(52-39-35(23)36(26-10-12-27(40)13-11-26)42-20-33-45-44-24(2)48(33)39)16-14-28-19-41-22-46(28)18-5-3-4-7-25-8-6-9-29-30(25)21-47(38(29)51)31-15-17-34(49)43-37(31)50/h6,8-13,19,22,31H,3-5,7,15,17-18,20-21H2,1-2H3,(H,43,49,50). The molecular weight excluding hydrogens is 696 g/mol. The summed E-state index contributed by atoms with van der Waals surface area (Å²) in [5.41, 5.74) is 7.61. The number of rotatable bonds is 8. The summed E-state index contributed by atoms with van der Waals surface area (Å²) < 4.78 is 4.19. The van der Waals surface area contributed by atoms with E-state index in [2.05, 4.69) is 54.5 Å². The molecule has 262 valence electrons. The first-order chi connectivity index (χ1) is 25.3. The molecule has 0 radical (unpaired) electrons. The maximum atomic E-state index is 13.2. The molecule has 5 aromatic rings. The Morgan fingerprint density at radius 3 is 2.69 bits per heavy atom. The number of carbonyl (C=O) groups excluding carboxylic acids is 3. The average Bonchev–Trinajstić information content (AvgIpc) is 3.88. The number of amides is 3. The lowest BCUT2D eigenvalue weighted by atomic mass is 9.98. The van der Waals surface area contributed by atoms with Gasteiger partial charge in [-0.2, -0.15) is 0 Å². The normalized spacial score (nSPS) is 16.4. The first kappa shape index (κ1) is 33.7. The molecule has 1 fully saturated rings. The summed E-state index contributed by atoms with van der Waals surface area (Å²) >= 11 is 7.83. The molecule has 6 heterocycles. The molecule has 3 amide bonds. The van der Waals surface area contributed by atoms with Crippen molar-refractivity contribution in [3.63, 3.8) is 0 Å². The molecule has 0 spiro atoms. The van der Waals surface area contributed by atoms with Crippen LogP contribution in [-0.4, -0.2) is 58.7 Å². The van der Waals surface area contributed by atoms with Gasteiger partial charge in [0.05, 0.1) is 23.1 Å². The lowest BCUT2D eigenvalue weighted by molar-refractivity contribution is -0.136. The van der Waals surface area contributed by atoms with Gasteiger partial charge in [0.25, 0.3) is 5.91 Å². The van der Waals surface area contributed by atoms with Crippen molar-refractivity contribution in [3.05, 3.63) is 116 Å². The number of aromatic nitrogens is 5. The Morgan fingerprint density at radius 1 is 1.02 bits per heavy atom. The Kier molecular flexibility index (Phi) is 9.07. The Hall–Kier alpha value is -5.38. The van der Waals surface area contributed by atoms with Crippen molar-refractivity contribution in [2.24, 2.45) is 4.99 Å². The summed E-state index contributed by atoms with van der Waals surface area (Å²) in [4.78, 5) is 49.3. The number of halogens is 1. The van der Waals surface area contributed by atoms with Gasteiger partial charge in [0.2, 0.25) is 11.8 Å². The van der Waals surface area contributed by atoms with E-state index in [1.54, 1.807) is 16.2 Å². The number of thiophene rings is 1. The monoisotopic (exact) mass is 730 g/mol. The largest absolute Gasteiger partial charge is 0.324 e. The molecule has 0 saturated carbocycles. The molecule has 1 N–H and O–H groups in total. The van der Waals surface area contributed by atoms with Crippen LogP contribution in [0, 0.1) is 25.7 Å². The summed E-state index contributed by atoms with van der Waals surface area (Å²) in [7, 11) is 0. The maximum Gasteiger partial charge on any atom is 0.255 e. The van der Waals surface area contributed by atoms with Crippen LogP contribution < -0.4 is 5.32 Å². The summed E-state index contributed by atoms with van der Waals surface area (Å²) in [5, 5.41) is 12.8. The number of hydrogen-bond acceptors (Lipinski definition) is 8. The van der Waals surface area contributed by atoms with Crippen molar-refractivity contribution >= 4 is 46.4 Å². The summed E-state index contributed by atoms with van der Waals surface area (Å²) in [6, 6.07) is 13.0. The van der Waals surface area contributed by atoms with Gasteiger partial charge >= 0.3 is 0 Å². The van der Waals surface area contributed by atoms with Crippen LogP contribution in [0.25, 0.3) is 5.00 Å². The number of unbranched alkanes of at least 4 members (excludes halogenated alkanes) is 2. The molecule has 1 unspecified atom stereocenters. The van der Waals surface area contributed by atoms with E-state index in [4.69, 9.17) is 16.6 Å². The van der Waals surface area contributed by atoms with Crippen LogP contribution >= 0.6 is 22.9 Å². The predicted octanol–water partition coefficient (Wildman–Crippen LogP) is 5.72. The van der Waals surface area contributed by atoms with E-state index in [1.165, 1.54) is 0 Å². The Bertz CT molecular complexity index is 2340. The molecule has 0 bridgehead atoms. The van der Waals surface area contributed by atoms with Gasteiger partial charge < -0.3 is 9.47 Å². The minimum Gasteiger partial charge on any atom is -0.324 e. The molecule has 3 aliphatic rings. The third kappa shape index (κ3) is 6.24. The molecular formula is C39H35ClN8O3S. The van der Waals surface area contributed by atoms with Crippen LogP contribution in [0.4, 0.5) is 0 Å². The van der Waals surface area contributed by atoms with E-state index < -0.39 is 6.04 Å². The fourth-order valence-corrected chi connectivity index (χ4v) is 8.64. The number of nitrogens with one attached hydrogen (secondary N) is 1. The zero-order valence-corrected chi connectivity index (χ0v) is 30.4. The number of fused-ring (bicyclic) bond motifs is 4. The molecule has 8 rings (SSSR count). The second-order valence-electron chi connectivity index (χ2n) is 13.3. The number of hydrogen-bond donors (Lipinski definition) is 1. The average molecular weight is 731 g/mol. The second-order valence-corrected chi connectivity index (χ2v) is 14.7. The van der Waals surface area contributed by atoms with Crippen LogP contribution in [0.1, 0.15) is 92.5 Å². The number of aliphatic imine (C=N–C) groups is 1. The molecule has 3 aromatic heterocycles. The van der Waals surface area contributed by atoms with Crippen molar-refractivity contribution in [1.29, 1.82) is 0 Å². The van der Waals surface area contributed by atoms with Crippen LogP contribution in [0.15, 0.2) is 60.0 Å². The molecule has 3 aliphatic heterocycles. The highest BCUT2D eigenvalue weighted by molar-refractivity contribution is 7.15. The molecule has 11 nitrogen and oxygen atoms in total.